The summed E-state index contributed by atoms with van der Waals surface area (Å²) in [6, 6.07) is 10.7. The molecule has 1 aromatic carbocycles. The van der Waals surface area contributed by atoms with E-state index in [2.05, 4.69) is 5.32 Å². The molecular formula is C20H20N2O6. The molecule has 0 atom stereocenters. The van der Waals surface area contributed by atoms with E-state index in [0.29, 0.717) is 16.9 Å². The molecule has 0 unspecified atom stereocenters. The fraction of sp³-hybridized carbons (Fsp3) is 0.250. The van der Waals surface area contributed by atoms with Crippen LogP contribution in [-0.2, 0) is 20.9 Å². The Bertz CT molecular complexity index is 989. The molecular weight excluding hydrogens is 364 g/mol. The molecule has 28 heavy (non-hydrogen) atoms. The summed E-state index contributed by atoms with van der Waals surface area (Å²) >= 11 is 0. The van der Waals surface area contributed by atoms with Crippen LogP contribution in [0.4, 0.5) is 0 Å². The number of carbonyl (C=O) groups is 3. The van der Waals surface area contributed by atoms with Crippen LogP contribution < -0.4 is 5.32 Å². The normalized spacial score (nSPS) is 10.6. The van der Waals surface area contributed by atoms with Crippen molar-refractivity contribution in [2.75, 3.05) is 20.2 Å². The lowest BCUT2D eigenvalue weighted by Gasteiger charge is -2.16. The number of benzene rings is 1. The van der Waals surface area contributed by atoms with Gasteiger partial charge in [0.2, 0.25) is 11.7 Å². The van der Waals surface area contributed by atoms with Crippen molar-refractivity contribution >= 4 is 28.8 Å². The number of fused-ring (bicyclic) bond motifs is 1. The van der Waals surface area contributed by atoms with E-state index in [0.717, 1.165) is 5.39 Å². The highest BCUT2D eigenvalue weighted by molar-refractivity contribution is 5.96. The van der Waals surface area contributed by atoms with Crippen LogP contribution in [0.15, 0.2) is 51.5 Å². The Labute approximate surface area is 161 Å². The van der Waals surface area contributed by atoms with E-state index >= 15 is 0 Å². The Hall–Kier alpha value is -3.55. The van der Waals surface area contributed by atoms with Crippen LogP contribution in [-0.4, -0.2) is 42.9 Å². The predicted molar refractivity (Wildman–Crippen MR) is 99.4 cm³/mol. The summed E-state index contributed by atoms with van der Waals surface area (Å²) in [5, 5.41) is 3.45. The third-order valence-corrected chi connectivity index (χ3v) is 4.20. The molecule has 0 saturated heterocycles. The molecule has 8 heteroatoms. The van der Waals surface area contributed by atoms with Crippen molar-refractivity contribution in [3.63, 3.8) is 0 Å². The summed E-state index contributed by atoms with van der Waals surface area (Å²) in [6.45, 7) is 1.33. The van der Waals surface area contributed by atoms with Crippen LogP contribution in [0.3, 0.4) is 0 Å². The molecule has 2 heterocycles. The first-order chi connectivity index (χ1) is 13.5. The molecule has 0 saturated carbocycles. The molecule has 0 aliphatic heterocycles. The van der Waals surface area contributed by atoms with Crippen molar-refractivity contribution in [2.45, 2.75) is 13.5 Å². The summed E-state index contributed by atoms with van der Waals surface area (Å²) in [5.41, 5.74) is 1.22. The number of rotatable bonds is 7. The Morgan fingerprint density at radius 2 is 1.93 bits per heavy atom. The molecule has 0 aliphatic carbocycles. The standard InChI is InChI=1S/C20H20N2O6/c1-13-15-7-3-4-8-16(15)28-19(13)20(25)27-12-18(24)22(2)11-17(23)21-10-14-6-5-9-26-14/h3-9H,10-12H2,1-2H3,(H,21,23). The number of hydrogen-bond donors (Lipinski definition) is 1. The molecule has 0 spiro atoms. The van der Waals surface area contributed by atoms with E-state index in [9.17, 15) is 14.4 Å². The van der Waals surface area contributed by atoms with Gasteiger partial charge in [-0.2, -0.15) is 0 Å². The van der Waals surface area contributed by atoms with Gasteiger partial charge in [-0.25, -0.2) is 4.79 Å². The van der Waals surface area contributed by atoms with E-state index in [1.165, 1.54) is 18.2 Å². The van der Waals surface area contributed by atoms with Gasteiger partial charge in [-0.05, 0) is 25.1 Å². The second-order valence-corrected chi connectivity index (χ2v) is 6.23. The number of nitrogens with one attached hydrogen (secondary N) is 1. The Kier molecular flexibility index (Phi) is 5.78. The van der Waals surface area contributed by atoms with Crippen molar-refractivity contribution in [3.05, 3.63) is 59.7 Å². The smallest absolute Gasteiger partial charge is 0.375 e. The lowest BCUT2D eigenvalue weighted by molar-refractivity contribution is -0.137. The highest BCUT2D eigenvalue weighted by atomic mass is 16.5. The average molecular weight is 384 g/mol. The number of esters is 1. The number of furan rings is 2. The summed E-state index contributed by atoms with van der Waals surface area (Å²) in [5.74, 6) is -0.912. The second kappa shape index (κ2) is 8.43. The van der Waals surface area contributed by atoms with Crippen molar-refractivity contribution in [3.8, 4) is 0 Å². The van der Waals surface area contributed by atoms with E-state index < -0.39 is 18.5 Å². The predicted octanol–water partition coefficient (Wildman–Crippen LogP) is 2.27. The maximum absolute atomic E-state index is 12.2. The third-order valence-electron chi connectivity index (χ3n) is 4.20. The largest absolute Gasteiger partial charge is 0.467 e. The molecule has 3 rings (SSSR count). The Morgan fingerprint density at radius 3 is 2.64 bits per heavy atom. The van der Waals surface area contributed by atoms with Crippen LogP contribution in [0, 0.1) is 6.92 Å². The van der Waals surface area contributed by atoms with Gasteiger partial charge in [-0.1, -0.05) is 18.2 Å². The second-order valence-electron chi connectivity index (χ2n) is 6.23. The molecule has 3 aromatic rings. The number of ether oxygens (including phenoxy) is 1. The fourth-order valence-electron chi connectivity index (χ4n) is 2.63. The van der Waals surface area contributed by atoms with Crippen LogP contribution in [0.25, 0.3) is 11.0 Å². The SMILES string of the molecule is Cc1c(C(=O)OCC(=O)N(C)CC(=O)NCc2ccco2)oc2ccccc12. The van der Waals surface area contributed by atoms with Gasteiger partial charge in [0.25, 0.3) is 5.91 Å². The zero-order valence-electron chi connectivity index (χ0n) is 15.6. The van der Waals surface area contributed by atoms with E-state index in [4.69, 9.17) is 13.6 Å². The van der Waals surface area contributed by atoms with Gasteiger partial charge in [0.05, 0.1) is 19.4 Å². The number of likely N-dealkylation sites (N-methyl/N-ethyl adjacent to an activating group) is 1. The molecule has 2 amide bonds. The minimum Gasteiger partial charge on any atom is -0.467 e. The maximum Gasteiger partial charge on any atom is 0.375 e. The Morgan fingerprint density at radius 1 is 1.14 bits per heavy atom. The van der Waals surface area contributed by atoms with Gasteiger partial charge in [0.1, 0.15) is 11.3 Å². The van der Waals surface area contributed by atoms with Crippen LogP contribution in [0.2, 0.25) is 0 Å². The van der Waals surface area contributed by atoms with Crippen molar-refractivity contribution < 1.29 is 28.0 Å². The zero-order valence-corrected chi connectivity index (χ0v) is 15.6. The summed E-state index contributed by atoms with van der Waals surface area (Å²) in [7, 11) is 1.45. The molecule has 0 aliphatic rings. The van der Waals surface area contributed by atoms with E-state index in [1.54, 1.807) is 31.2 Å². The van der Waals surface area contributed by atoms with Gasteiger partial charge < -0.3 is 23.8 Å². The molecule has 1 N–H and O–H groups in total. The van der Waals surface area contributed by atoms with Crippen LogP contribution in [0.1, 0.15) is 21.9 Å². The lowest BCUT2D eigenvalue weighted by atomic mass is 10.1. The fourth-order valence-corrected chi connectivity index (χ4v) is 2.63. The molecule has 146 valence electrons. The lowest BCUT2D eigenvalue weighted by Crippen LogP contribution is -2.39. The molecule has 8 nitrogen and oxygen atoms in total. The molecule has 0 radical (unpaired) electrons. The Balaban J connectivity index is 1.49. The maximum atomic E-state index is 12.2. The minimum atomic E-state index is -0.724. The zero-order chi connectivity index (χ0) is 20.1. The van der Waals surface area contributed by atoms with Gasteiger partial charge in [0.15, 0.2) is 6.61 Å². The van der Waals surface area contributed by atoms with Crippen molar-refractivity contribution in [2.24, 2.45) is 0 Å². The monoisotopic (exact) mass is 384 g/mol. The number of amides is 2. The van der Waals surface area contributed by atoms with Crippen molar-refractivity contribution in [1.82, 2.24) is 10.2 Å². The first kappa shape index (κ1) is 19.2. The van der Waals surface area contributed by atoms with Gasteiger partial charge in [-0.3, -0.25) is 9.59 Å². The van der Waals surface area contributed by atoms with Gasteiger partial charge >= 0.3 is 5.97 Å². The number of aryl methyl sites for hydroxylation is 1. The van der Waals surface area contributed by atoms with Crippen LogP contribution >= 0.6 is 0 Å². The summed E-state index contributed by atoms with van der Waals surface area (Å²) in [4.78, 5) is 37.4. The van der Waals surface area contributed by atoms with Crippen molar-refractivity contribution in [1.29, 1.82) is 0 Å². The summed E-state index contributed by atoms with van der Waals surface area (Å²) in [6.07, 6.45) is 1.51. The first-order valence-electron chi connectivity index (χ1n) is 8.64. The molecule has 0 fully saturated rings. The third kappa shape index (κ3) is 4.40. The van der Waals surface area contributed by atoms with E-state index in [-0.39, 0.29) is 24.8 Å². The topological polar surface area (TPSA) is 102 Å². The molecule has 2 aromatic heterocycles. The highest BCUT2D eigenvalue weighted by Crippen LogP contribution is 2.25. The van der Waals surface area contributed by atoms with Gasteiger partial charge in [0, 0.05) is 18.0 Å². The molecule has 0 bridgehead atoms. The van der Waals surface area contributed by atoms with E-state index in [1.807, 2.05) is 12.1 Å². The number of para-hydroxylation sites is 1. The minimum absolute atomic E-state index is 0.0628. The quantitative estimate of drug-likeness (QED) is 0.627. The van der Waals surface area contributed by atoms with Crippen LogP contribution in [0.5, 0.6) is 0 Å². The number of carbonyl (C=O) groups excluding carboxylic acids is 3. The highest BCUT2D eigenvalue weighted by Gasteiger charge is 2.21. The number of nitrogens with zero attached hydrogens (tertiary/aromatic N) is 1. The number of hydrogen-bond acceptors (Lipinski definition) is 6. The van der Waals surface area contributed by atoms with Gasteiger partial charge in [-0.15, -0.1) is 0 Å². The average Bonchev–Trinajstić information content (AvgIpc) is 3.32. The summed E-state index contributed by atoms with van der Waals surface area (Å²) < 4.78 is 15.7. The first-order valence-corrected chi connectivity index (χ1v) is 8.64.